The maximum atomic E-state index is 15.0. The van der Waals surface area contributed by atoms with E-state index in [4.69, 9.17) is 11.6 Å². The molecule has 2 aromatic carbocycles. The molecule has 5 rings (SSSR count). The van der Waals surface area contributed by atoms with Gasteiger partial charge < -0.3 is 10.4 Å². The first kappa shape index (κ1) is 25.8. The third-order valence-electron chi connectivity index (χ3n) is 6.85. The van der Waals surface area contributed by atoms with Gasteiger partial charge in [0.25, 0.3) is 11.5 Å². The number of carbonyl (C=O) groups excluding carboxylic acids is 1. The Morgan fingerprint density at radius 3 is 2.58 bits per heavy atom. The van der Waals surface area contributed by atoms with Crippen LogP contribution in [0.5, 0.6) is 0 Å². The lowest BCUT2D eigenvalue weighted by atomic mass is 10.0. The first-order chi connectivity index (χ1) is 18.2. The summed E-state index contributed by atoms with van der Waals surface area (Å²) in [5.41, 5.74) is 2.68. The van der Waals surface area contributed by atoms with Crippen LogP contribution in [0.1, 0.15) is 59.2 Å². The summed E-state index contributed by atoms with van der Waals surface area (Å²) in [4.78, 5) is 29.3. The number of aliphatic hydroxyl groups excluding tert-OH is 1. The molecule has 3 unspecified atom stereocenters. The highest BCUT2D eigenvalue weighted by molar-refractivity contribution is 6.31. The molecule has 6 nitrogen and oxygen atoms in total. The molecule has 194 valence electrons. The quantitative estimate of drug-likeness (QED) is 0.389. The van der Waals surface area contributed by atoms with Crippen LogP contribution in [0.15, 0.2) is 70.6 Å². The first-order valence-corrected chi connectivity index (χ1v) is 12.4. The zero-order valence-corrected chi connectivity index (χ0v) is 21.3. The minimum absolute atomic E-state index is 0.0656. The van der Waals surface area contributed by atoms with Crippen LogP contribution < -0.4 is 10.9 Å². The molecule has 0 radical (unpaired) electrons. The van der Waals surface area contributed by atoms with Crippen molar-refractivity contribution in [2.45, 2.75) is 38.2 Å². The minimum atomic E-state index is -1.43. The minimum Gasteiger partial charge on any atom is -0.378 e. The smallest absolute Gasteiger partial charge is 0.273 e. The lowest BCUT2D eigenvalue weighted by molar-refractivity contribution is -0.123. The van der Waals surface area contributed by atoms with Gasteiger partial charge in [0, 0.05) is 34.9 Å². The number of benzene rings is 2. The molecule has 3 atom stereocenters. The normalized spacial score (nSPS) is 20.8. The fraction of sp³-hybridized carbons (Fsp3) is 0.207. The summed E-state index contributed by atoms with van der Waals surface area (Å²) in [5.74, 6) is -1.37. The molecule has 1 aliphatic heterocycles. The van der Waals surface area contributed by atoms with Gasteiger partial charge in [-0.25, -0.2) is 8.78 Å². The Bertz CT molecular complexity index is 1590. The van der Waals surface area contributed by atoms with Crippen molar-refractivity contribution < 1.29 is 18.7 Å². The fourth-order valence-electron chi connectivity index (χ4n) is 4.78. The maximum Gasteiger partial charge on any atom is 0.273 e. The van der Waals surface area contributed by atoms with E-state index in [1.807, 2.05) is 6.07 Å². The highest BCUT2D eigenvalue weighted by Gasteiger charge is 2.41. The van der Waals surface area contributed by atoms with Crippen LogP contribution in [-0.4, -0.2) is 21.3 Å². The number of nitrogens with zero attached hydrogens (tertiary/aromatic N) is 2. The van der Waals surface area contributed by atoms with E-state index in [0.717, 1.165) is 23.6 Å². The highest BCUT2D eigenvalue weighted by Crippen LogP contribution is 2.55. The summed E-state index contributed by atoms with van der Waals surface area (Å²) in [6.45, 7) is 3.53. The topological polar surface area (TPSA) is 83.7 Å². The molecule has 0 saturated heterocycles. The number of hydrogen-bond donors (Lipinski definition) is 2. The zero-order valence-electron chi connectivity index (χ0n) is 20.6. The lowest BCUT2D eigenvalue weighted by Crippen LogP contribution is -2.20. The number of aromatic nitrogens is 1. The van der Waals surface area contributed by atoms with Crippen LogP contribution in [0, 0.1) is 18.6 Å². The number of halogens is 3. The SMILES string of the molecule is C/C=C/N=C(/C=C/n1c(C)cc(C2CC2c2ccc(F)cc2)c(Cl)c1=O)c1cc2c(cc1F)C(O)C(=O)N2. The van der Waals surface area contributed by atoms with E-state index in [9.17, 15) is 19.1 Å². The average Bonchev–Trinajstić information content (AvgIpc) is 3.64. The number of anilines is 1. The number of allylic oxidation sites excluding steroid dienone is 2. The number of hydrogen-bond acceptors (Lipinski definition) is 4. The van der Waals surface area contributed by atoms with Crippen molar-refractivity contribution in [1.29, 1.82) is 0 Å². The third-order valence-corrected chi connectivity index (χ3v) is 7.23. The number of nitrogens with one attached hydrogen (secondary N) is 1. The van der Waals surface area contributed by atoms with Gasteiger partial charge in [0.2, 0.25) is 0 Å². The van der Waals surface area contributed by atoms with Gasteiger partial charge in [0.1, 0.15) is 16.7 Å². The molecule has 0 spiro atoms. The van der Waals surface area contributed by atoms with Gasteiger partial charge in [-0.3, -0.25) is 19.1 Å². The first-order valence-electron chi connectivity index (χ1n) is 12.1. The van der Waals surface area contributed by atoms with Gasteiger partial charge >= 0.3 is 0 Å². The Hall–Kier alpha value is -3.88. The summed E-state index contributed by atoms with van der Waals surface area (Å²) in [5, 5.41) is 12.6. The predicted octanol–water partition coefficient (Wildman–Crippen LogP) is 5.84. The molecule has 0 bridgehead atoms. The molecule has 2 N–H and O–H groups in total. The Morgan fingerprint density at radius 2 is 1.87 bits per heavy atom. The van der Waals surface area contributed by atoms with Crippen LogP contribution in [0.3, 0.4) is 0 Å². The van der Waals surface area contributed by atoms with Crippen LogP contribution in [0.4, 0.5) is 14.5 Å². The van der Waals surface area contributed by atoms with Gasteiger partial charge in [0.05, 0.1) is 5.71 Å². The molecular weight excluding hydrogens is 512 g/mol. The molecule has 1 saturated carbocycles. The predicted molar refractivity (Wildman–Crippen MR) is 144 cm³/mol. The summed E-state index contributed by atoms with van der Waals surface area (Å²) in [6.07, 6.45) is 5.49. The van der Waals surface area contributed by atoms with Crippen molar-refractivity contribution in [3.63, 3.8) is 0 Å². The van der Waals surface area contributed by atoms with E-state index in [1.54, 1.807) is 32.1 Å². The molecule has 2 heterocycles. The summed E-state index contributed by atoms with van der Waals surface area (Å²) >= 11 is 6.52. The van der Waals surface area contributed by atoms with E-state index in [2.05, 4.69) is 10.3 Å². The molecule has 1 amide bonds. The number of fused-ring (bicyclic) bond motifs is 1. The van der Waals surface area contributed by atoms with Gasteiger partial charge in [0.15, 0.2) is 6.10 Å². The number of amides is 1. The molecule has 1 aliphatic carbocycles. The molecule has 1 aromatic heterocycles. The lowest BCUT2D eigenvalue weighted by Gasteiger charge is -2.11. The molecule has 2 aliphatic rings. The monoisotopic (exact) mass is 535 g/mol. The molecule has 38 heavy (non-hydrogen) atoms. The van der Waals surface area contributed by atoms with Crippen LogP contribution in [0.25, 0.3) is 6.20 Å². The Kier molecular flexibility index (Phi) is 6.86. The Morgan fingerprint density at radius 1 is 1.13 bits per heavy atom. The number of aryl methyl sites for hydroxylation is 1. The van der Waals surface area contributed by atoms with E-state index in [0.29, 0.717) is 11.4 Å². The van der Waals surface area contributed by atoms with E-state index in [-0.39, 0.29) is 39.5 Å². The van der Waals surface area contributed by atoms with Crippen LogP contribution in [0.2, 0.25) is 5.02 Å². The van der Waals surface area contributed by atoms with Gasteiger partial charge in [-0.1, -0.05) is 29.8 Å². The Balaban J connectivity index is 1.47. The van der Waals surface area contributed by atoms with Gasteiger partial charge in [-0.05, 0) is 79.6 Å². The van der Waals surface area contributed by atoms with Crippen molar-refractivity contribution in [1.82, 2.24) is 4.57 Å². The zero-order chi connectivity index (χ0) is 27.1. The third kappa shape index (κ3) is 4.73. The molecular formula is C29H24ClF2N3O3. The van der Waals surface area contributed by atoms with Crippen LogP contribution in [-0.2, 0) is 4.79 Å². The largest absolute Gasteiger partial charge is 0.378 e. The Labute approximate surface area is 222 Å². The standard InChI is InChI=1S/C29H24ClF2N3O3/c1-3-9-33-24(21-14-25-22(13-23(21)32)27(36)28(37)34-25)8-10-35-15(2)11-20(26(30)29(35)38)19-12-18(19)16-4-6-17(31)7-5-16/h3-11,13-14,18-19,27,36H,12H2,1-2H3,(H,34,37)/b9-3+,10-8+,33-24-. The van der Waals surface area contributed by atoms with Gasteiger partial charge in [-0.15, -0.1) is 0 Å². The van der Waals surface area contributed by atoms with Crippen molar-refractivity contribution in [2.75, 3.05) is 5.32 Å². The second-order valence-corrected chi connectivity index (χ2v) is 9.73. The average molecular weight is 536 g/mol. The number of rotatable bonds is 6. The maximum absolute atomic E-state index is 15.0. The van der Waals surface area contributed by atoms with Gasteiger partial charge in [-0.2, -0.15) is 0 Å². The van der Waals surface area contributed by atoms with E-state index < -0.39 is 23.4 Å². The summed E-state index contributed by atoms with van der Waals surface area (Å²) < 4.78 is 29.7. The fourth-order valence-corrected chi connectivity index (χ4v) is 5.07. The number of aliphatic hydroxyl groups is 1. The molecule has 9 heteroatoms. The highest BCUT2D eigenvalue weighted by atomic mass is 35.5. The van der Waals surface area contributed by atoms with Crippen molar-refractivity contribution in [3.05, 3.63) is 116 Å². The second-order valence-electron chi connectivity index (χ2n) is 9.35. The van der Waals surface area contributed by atoms with Crippen molar-refractivity contribution >= 4 is 35.1 Å². The van der Waals surface area contributed by atoms with E-state index >= 15 is 4.39 Å². The number of aliphatic imine (C=N–C) groups is 1. The number of carbonyl (C=O) groups is 1. The van der Waals surface area contributed by atoms with E-state index in [1.165, 1.54) is 41.2 Å². The van der Waals surface area contributed by atoms with Crippen molar-refractivity contribution in [3.8, 4) is 0 Å². The summed E-state index contributed by atoms with van der Waals surface area (Å²) in [6, 6.07) is 10.7. The van der Waals surface area contributed by atoms with Crippen LogP contribution >= 0.6 is 11.6 Å². The molecule has 1 fully saturated rings. The number of pyridine rings is 1. The summed E-state index contributed by atoms with van der Waals surface area (Å²) in [7, 11) is 0. The van der Waals surface area contributed by atoms with Crippen molar-refractivity contribution in [2.24, 2.45) is 4.99 Å². The second kappa shape index (κ2) is 10.1. The molecule has 3 aromatic rings.